The highest BCUT2D eigenvalue weighted by atomic mass is 19.2. The Morgan fingerprint density at radius 1 is 1.21 bits per heavy atom. The van der Waals surface area contributed by atoms with Crippen molar-refractivity contribution in [1.29, 1.82) is 0 Å². The van der Waals surface area contributed by atoms with E-state index in [-0.39, 0.29) is 0 Å². The summed E-state index contributed by atoms with van der Waals surface area (Å²) in [5.41, 5.74) is 0.484. The average molecular weight is 269 g/mol. The third-order valence-corrected chi connectivity index (χ3v) is 3.45. The zero-order chi connectivity index (χ0) is 14.3. The summed E-state index contributed by atoms with van der Waals surface area (Å²) in [6, 6.07) is 4.86. The van der Waals surface area contributed by atoms with Crippen LogP contribution in [0.15, 0.2) is 18.2 Å². The molecule has 0 fully saturated rings. The molecule has 1 atom stereocenters. The first-order valence-corrected chi connectivity index (χ1v) is 7.22. The first-order chi connectivity index (χ1) is 9.06. The molecule has 0 spiro atoms. The molecule has 1 unspecified atom stereocenters. The second-order valence-electron chi connectivity index (χ2n) is 5.41. The van der Waals surface area contributed by atoms with Crippen LogP contribution in [0, 0.1) is 17.6 Å². The predicted molar refractivity (Wildman–Crippen MR) is 76.2 cm³/mol. The third-order valence-electron chi connectivity index (χ3n) is 3.45. The second-order valence-corrected chi connectivity index (χ2v) is 5.41. The van der Waals surface area contributed by atoms with Crippen molar-refractivity contribution in [3.63, 3.8) is 0 Å². The fourth-order valence-corrected chi connectivity index (χ4v) is 2.25. The molecule has 0 heterocycles. The van der Waals surface area contributed by atoms with Crippen LogP contribution in [0.3, 0.4) is 0 Å². The highest BCUT2D eigenvalue weighted by Crippen LogP contribution is 2.16. The van der Waals surface area contributed by atoms with Crippen LogP contribution >= 0.6 is 0 Å². The van der Waals surface area contributed by atoms with E-state index in [2.05, 4.69) is 26.1 Å². The van der Waals surface area contributed by atoms with Crippen molar-refractivity contribution in [1.82, 2.24) is 5.32 Å². The van der Waals surface area contributed by atoms with E-state index in [1.807, 2.05) is 0 Å². The van der Waals surface area contributed by atoms with Crippen LogP contribution < -0.4 is 5.32 Å². The smallest absolute Gasteiger partial charge is 0.162 e. The Kier molecular flexibility index (Phi) is 7.00. The van der Waals surface area contributed by atoms with Crippen LogP contribution in [0.25, 0.3) is 0 Å². The predicted octanol–water partition coefficient (Wildman–Crippen LogP) is 4.31. The maximum atomic E-state index is 13.5. The molecule has 0 aliphatic heterocycles. The van der Waals surface area contributed by atoms with E-state index in [0.29, 0.717) is 23.9 Å². The molecule has 0 saturated carbocycles. The Balaban J connectivity index is 2.45. The lowest BCUT2D eigenvalue weighted by Gasteiger charge is -2.22. The van der Waals surface area contributed by atoms with Gasteiger partial charge in [0.15, 0.2) is 11.6 Å². The summed E-state index contributed by atoms with van der Waals surface area (Å²) < 4.78 is 26.6. The highest BCUT2D eigenvalue weighted by molar-refractivity contribution is 5.18. The van der Waals surface area contributed by atoms with Crippen molar-refractivity contribution in [3.05, 3.63) is 35.4 Å². The zero-order valence-electron chi connectivity index (χ0n) is 12.2. The summed E-state index contributed by atoms with van der Waals surface area (Å²) in [7, 11) is 0. The first kappa shape index (κ1) is 16.1. The molecule has 3 heteroatoms. The van der Waals surface area contributed by atoms with Crippen LogP contribution in [-0.4, -0.2) is 12.6 Å². The Morgan fingerprint density at radius 2 is 1.95 bits per heavy atom. The summed E-state index contributed by atoms with van der Waals surface area (Å²) in [6.45, 7) is 7.54. The summed E-state index contributed by atoms with van der Waals surface area (Å²) in [4.78, 5) is 0. The van der Waals surface area contributed by atoms with Gasteiger partial charge in [-0.25, -0.2) is 8.78 Å². The topological polar surface area (TPSA) is 12.0 Å². The number of benzene rings is 1. The molecule has 1 aromatic carbocycles. The molecule has 0 bridgehead atoms. The van der Waals surface area contributed by atoms with Gasteiger partial charge in [-0.15, -0.1) is 0 Å². The minimum absolute atomic E-state index is 0.455. The Hall–Kier alpha value is -0.960. The van der Waals surface area contributed by atoms with E-state index >= 15 is 0 Å². The number of halogens is 2. The molecular formula is C16H25F2N. The maximum Gasteiger partial charge on any atom is 0.162 e. The molecule has 0 amide bonds. The first-order valence-electron chi connectivity index (χ1n) is 7.22. The van der Waals surface area contributed by atoms with E-state index in [9.17, 15) is 8.78 Å². The van der Waals surface area contributed by atoms with Crippen LogP contribution in [-0.2, 0) is 6.42 Å². The van der Waals surface area contributed by atoms with Crippen molar-refractivity contribution in [2.24, 2.45) is 5.92 Å². The van der Waals surface area contributed by atoms with Crippen molar-refractivity contribution in [2.75, 3.05) is 6.54 Å². The number of rotatable bonds is 8. The summed E-state index contributed by atoms with van der Waals surface area (Å²) in [6.07, 6.45) is 3.58. The minimum Gasteiger partial charge on any atom is -0.314 e. The van der Waals surface area contributed by atoms with E-state index in [4.69, 9.17) is 0 Å². The molecule has 1 aromatic rings. The van der Waals surface area contributed by atoms with Gasteiger partial charge in [-0.05, 0) is 49.8 Å². The normalized spacial score (nSPS) is 12.9. The molecule has 0 aliphatic rings. The lowest BCUT2D eigenvalue weighted by Crippen LogP contribution is -2.34. The fourth-order valence-electron chi connectivity index (χ4n) is 2.25. The second kappa shape index (κ2) is 8.26. The van der Waals surface area contributed by atoms with Crippen molar-refractivity contribution >= 4 is 0 Å². The third kappa shape index (κ3) is 5.27. The lowest BCUT2D eigenvalue weighted by molar-refractivity contribution is 0.369. The van der Waals surface area contributed by atoms with Gasteiger partial charge in [0.1, 0.15) is 0 Å². The number of aryl methyl sites for hydroxylation is 1. The van der Waals surface area contributed by atoms with Gasteiger partial charge < -0.3 is 5.32 Å². The number of hydrogen-bond acceptors (Lipinski definition) is 1. The van der Waals surface area contributed by atoms with Gasteiger partial charge in [-0.1, -0.05) is 32.9 Å². The highest BCUT2D eigenvalue weighted by Gasteiger charge is 2.13. The van der Waals surface area contributed by atoms with Crippen LogP contribution in [0.4, 0.5) is 8.78 Å². The van der Waals surface area contributed by atoms with Crippen molar-refractivity contribution in [3.8, 4) is 0 Å². The summed E-state index contributed by atoms with van der Waals surface area (Å²) in [5, 5.41) is 3.51. The van der Waals surface area contributed by atoms with Crippen molar-refractivity contribution < 1.29 is 8.78 Å². The Morgan fingerprint density at radius 3 is 2.58 bits per heavy atom. The standard InChI is InChI=1S/C16H25F2N/c1-4-11-19-15(12(2)3)10-6-8-13-7-5-9-14(17)16(13)18/h5,7,9,12,15,19H,4,6,8,10-11H2,1-3H3. The van der Waals surface area contributed by atoms with E-state index in [1.54, 1.807) is 12.1 Å². The Labute approximate surface area is 115 Å². The van der Waals surface area contributed by atoms with Gasteiger partial charge in [-0.3, -0.25) is 0 Å². The molecule has 1 nitrogen and oxygen atoms in total. The molecule has 19 heavy (non-hydrogen) atoms. The molecule has 0 radical (unpaired) electrons. The molecule has 1 rings (SSSR count). The minimum atomic E-state index is -0.748. The molecule has 0 saturated heterocycles. The summed E-state index contributed by atoms with van der Waals surface area (Å²) in [5.74, 6) is -0.879. The quantitative estimate of drug-likeness (QED) is 0.741. The average Bonchev–Trinajstić information content (AvgIpc) is 2.38. The molecule has 1 N–H and O–H groups in total. The van der Waals surface area contributed by atoms with Gasteiger partial charge >= 0.3 is 0 Å². The van der Waals surface area contributed by atoms with Gasteiger partial charge in [0.05, 0.1) is 0 Å². The lowest BCUT2D eigenvalue weighted by atomic mass is 9.96. The zero-order valence-corrected chi connectivity index (χ0v) is 12.2. The Bertz CT molecular complexity index is 377. The maximum absolute atomic E-state index is 13.5. The SMILES string of the molecule is CCCNC(CCCc1cccc(F)c1F)C(C)C. The fraction of sp³-hybridized carbons (Fsp3) is 0.625. The van der Waals surface area contributed by atoms with Crippen LogP contribution in [0.2, 0.25) is 0 Å². The van der Waals surface area contributed by atoms with Gasteiger partial charge in [-0.2, -0.15) is 0 Å². The largest absolute Gasteiger partial charge is 0.314 e. The van der Waals surface area contributed by atoms with Gasteiger partial charge in [0.25, 0.3) is 0 Å². The van der Waals surface area contributed by atoms with E-state index in [1.165, 1.54) is 6.07 Å². The van der Waals surface area contributed by atoms with E-state index < -0.39 is 11.6 Å². The van der Waals surface area contributed by atoms with Gasteiger partial charge in [0, 0.05) is 6.04 Å². The molecule has 108 valence electrons. The van der Waals surface area contributed by atoms with Crippen LogP contribution in [0.1, 0.15) is 45.6 Å². The van der Waals surface area contributed by atoms with Gasteiger partial charge in [0.2, 0.25) is 0 Å². The molecular weight excluding hydrogens is 244 g/mol. The van der Waals surface area contributed by atoms with Crippen LogP contribution in [0.5, 0.6) is 0 Å². The van der Waals surface area contributed by atoms with Crippen molar-refractivity contribution in [2.45, 2.75) is 52.5 Å². The number of hydrogen-bond donors (Lipinski definition) is 1. The number of nitrogens with one attached hydrogen (secondary N) is 1. The molecule has 0 aliphatic carbocycles. The monoisotopic (exact) mass is 269 g/mol. The summed E-state index contributed by atoms with van der Waals surface area (Å²) >= 11 is 0. The molecule has 0 aromatic heterocycles. The van der Waals surface area contributed by atoms with E-state index in [0.717, 1.165) is 25.8 Å².